The third-order valence-corrected chi connectivity index (χ3v) is 6.58. The van der Waals surface area contributed by atoms with Crippen LogP contribution in [0.15, 0.2) is 24.5 Å². The Morgan fingerprint density at radius 3 is 2.84 bits per heavy atom. The largest absolute Gasteiger partial charge is 0.494 e. The van der Waals surface area contributed by atoms with E-state index in [9.17, 15) is 5.11 Å². The first-order valence-electron chi connectivity index (χ1n) is 11.6. The molecule has 1 saturated carbocycles. The van der Waals surface area contributed by atoms with Gasteiger partial charge in [0, 0.05) is 24.3 Å². The molecule has 0 amide bonds. The van der Waals surface area contributed by atoms with Crippen molar-refractivity contribution in [3.05, 3.63) is 24.5 Å². The predicted molar refractivity (Wildman–Crippen MR) is 126 cm³/mol. The van der Waals surface area contributed by atoms with E-state index in [0.29, 0.717) is 23.4 Å². The van der Waals surface area contributed by atoms with Gasteiger partial charge in [-0.25, -0.2) is 4.98 Å². The lowest BCUT2D eigenvalue weighted by Crippen LogP contribution is -2.31. The van der Waals surface area contributed by atoms with Crippen LogP contribution in [0, 0.1) is 0 Å². The average Bonchev–Trinajstić information content (AvgIpc) is 3.49. The number of imidazole rings is 1. The Morgan fingerprint density at radius 1 is 1.16 bits per heavy atom. The quantitative estimate of drug-likeness (QED) is 0.442. The molecule has 2 fully saturated rings. The fraction of sp³-hybridized carbons (Fsp3) is 0.522. The van der Waals surface area contributed by atoms with E-state index in [2.05, 4.69) is 36.6 Å². The van der Waals surface area contributed by atoms with Crippen molar-refractivity contribution in [2.75, 3.05) is 35.8 Å². The third-order valence-electron chi connectivity index (χ3n) is 6.58. The first-order chi connectivity index (χ1) is 15.7. The molecule has 1 aliphatic heterocycles. The lowest BCUT2D eigenvalue weighted by molar-refractivity contribution is 0.266. The normalized spacial score (nSPS) is 19.4. The molecule has 1 unspecified atom stereocenters. The maximum atomic E-state index is 9.67. The Kier molecular flexibility index (Phi) is 5.98. The van der Waals surface area contributed by atoms with Crippen molar-refractivity contribution < 1.29 is 9.84 Å². The van der Waals surface area contributed by atoms with Gasteiger partial charge < -0.3 is 30.4 Å². The van der Waals surface area contributed by atoms with Gasteiger partial charge in [0.1, 0.15) is 11.3 Å². The number of nitrogens with zero attached hydrogens (tertiary/aromatic N) is 4. The van der Waals surface area contributed by atoms with Crippen LogP contribution in [0.1, 0.15) is 44.9 Å². The second-order valence-electron chi connectivity index (χ2n) is 8.66. The van der Waals surface area contributed by atoms with E-state index in [1.54, 1.807) is 13.4 Å². The van der Waals surface area contributed by atoms with Gasteiger partial charge >= 0.3 is 0 Å². The minimum absolute atomic E-state index is 0.164. The van der Waals surface area contributed by atoms with Crippen LogP contribution in [0.4, 0.5) is 23.1 Å². The molecule has 2 aromatic heterocycles. The van der Waals surface area contributed by atoms with Crippen LogP contribution in [0.3, 0.4) is 0 Å². The average molecular weight is 438 g/mol. The predicted octanol–water partition coefficient (Wildman–Crippen LogP) is 3.81. The molecule has 1 aliphatic carbocycles. The molecule has 2 aliphatic rings. The summed E-state index contributed by atoms with van der Waals surface area (Å²) in [5.74, 6) is 1.95. The fourth-order valence-corrected chi connectivity index (χ4v) is 4.88. The molecule has 9 heteroatoms. The Bertz CT molecular complexity index is 1060. The molecule has 1 atom stereocenters. The summed E-state index contributed by atoms with van der Waals surface area (Å²) in [5, 5.41) is 16.6. The van der Waals surface area contributed by atoms with Crippen LogP contribution in [0.25, 0.3) is 11.2 Å². The molecule has 0 radical (unpaired) electrons. The molecule has 1 aromatic carbocycles. The molecule has 32 heavy (non-hydrogen) atoms. The molecule has 0 bridgehead atoms. The van der Waals surface area contributed by atoms with Gasteiger partial charge in [-0.15, -0.1) is 0 Å². The van der Waals surface area contributed by atoms with Crippen molar-refractivity contribution >= 4 is 34.3 Å². The molecule has 3 aromatic rings. The first-order valence-corrected chi connectivity index (χ1v) is 11.6. The van der Waals surface area contributed by atoms with Gasteiger partial charge in [-0.3, -0.25) is 0 Å². The Morgan fingerprint density at radius 2 is 2.03 bits per heavy atom. The lowest BCUT2D eigenvalue weighted by atomic mass is 9.95. The number of nitrogens with one attached hydrogen (secondary N) is 3. The zero-order valence-corrected chi connectivity index (χ0v) is 18.5. The van der Waals surface area contributed by atoms with E-state index in [4.69, 9.17) is 9.72 Å². The summed E-state index contributed by atoms with van der Waals surface area (Å²) in [6.45, 7) is 1.11. The second kappa shape index (κ2) is 9.20. The van der Waals surface area contributed by atoms with E-state index in [1.807, 2.05) is 12.1 Å². The number of H-pyrrole nitrogens is 1. The minimum atomic E-state index is 0.164. The summed E-state index contributed by atoms with van der Waals surface area (Å²) >= 11 is 0. The highest BCUT2D eigenvalue weighted by atomic mass is 16.5. The maximum absolute atomic E-state index is 9.67. The number of fused-ring (bicyclic) bond motifs is 1. The number of benzene rings is 1. The van der Waals surface area contributed by atoms with E-state index in [1.165, 1.54) is 19.3 Å². The molecular weight excluding hydrogens is 406 g/mol. The van der Waals surface area contributed by atoms with E-state index < -0.39 is 0 Å². The molecular formula is C23H31N7O2. The Balaban J connectivity index is 1.41. The maximum Gasteiger partial charge on any atom is 0.231 e. The molecule has 0 spiro atoms. The highest BCUT2D eigenvalue weighted by Gasteiger charge is 2.25. The number of anilines is 4. The number of aliphatic hydroxyl groups is 1. The molecule has 9 nitrogen and oxygen atoms in total. The highest BCUT2D eigenvalue weighted by molar-refractivity contribution is 5.84. The highest BCUT2D eigenvalue weighted by Crippen LogP contribution is 2.35. The van der Waals surface area contributed by atoms with Crippen LogP contribution in [0.2, 0.25) is 0 Å². The monoisotopic (exact) mass is 437 g/mol. The minimum Gasteiger partial charge on any atom is -0.494 e. The van der Waals surface area contributed by atoms with Gasteiger partial charge in [0.25, 0.3) is 0 Å². The van der Waals surface area contributed by atoms with Gasteiger partial charge in [0.2, 0.25) is 5.95 Å². The Labute approximate surface area is 187 Å². The third kappa shape index (κ3) is 4.17. The van der Waals surface area contributed by atoms with Crippen LogP contribution in [0.5, 0.6) is 5.75 Å². The zero-order chi connectivity index (χ0) is 21.9. The smallest absolute Gasteiger partial charge is 0.231 e. The van der Waals surface area contributed by atoms with E-state index in [0.717, 1.165) is 54.9 Å². The SMILES string of the molecule is COc1cc(N2CCCC2CO)ccc1Nc1nc(NC2CCCCC2)c2nc[nH]c2n1. The van der Waals surface area contributed by atoms with E-state index >= 15 is 0 Å². The van der Waals surface area contributed by atoms with Gasteiger partial charge in [-0.2, -0.15) is 9.97 Å². The van der Waals surface area contributed by atoms with Crippen molar-refractivity contribution in [1.29, 1.82) is 0 Å². The van der Waals surface area contributed by atoms with Crippen LogP contribution in [-0.2, 0) is 0 Å². The summed E-state index contributed by atoms with van der Waals surface area (Å²) in [6, 6.07) is 6.62. The second-order valence-corrected chi connectivity index (χ2v) is 8.66. The van der Waals surface area contributed by atoms with Gasteiger partial charge in [0.05, 0.1) is 31.8 Å². The molecule has 4 N–H and O–H groups in total. The van der Waals surface area contributed by atoms with Crippen molar-refractivity contribution in [2.45, 2.75) is 57.0 Å². The number of hydrogen-bond donors (Lipinski definition) is 4. The van der Waals surface area contributed by atoms with Gasteiger partial charge in [-0.05, 0) is 37.8 Å². The van der Waals surface area contributed by atoms with Crippen molar-refractivity contribution in [2.24, 2.45) is 0 Å². The number of aromatic amines is 1. The summed E-state index contributed by atoms with van der Waals surface area (Å²) in [5.41, 5.74) is 3.29. The van der Waals surface area contributed by atoms with Crippen LogP contribution in [-0.4, -0.2) is 57.4 Å². The number of hydrogen-bond acceptors (Lipinski definition) is 8. The van der Waals surface area contributed by atoms with Crippen LogP contribution >= 0.6 is 0 Å². The molecule has 1 saturated heterocycles. The fourth-order valence-electron chi connectivity index (χ4n) is 4.88. The van der Waals surface area contributed by atoms with Crippen molar-refractivity contribution in [3.8, 4) is 5.75 Å². The number of aliphatic hydroxyl groups excluding tert-OH is 1. The standard InChI is InChI=1S/C23H31N7O2/c1-32-19-12-16(30-11-5-8-17(30)13-31)9-10-18(19)27-23-28-21-20(24-14-25-21)22(29-23)26-15-6-3-2-4-7-15/h9-10,12,14-15,17,31H,2-8,11,13H2,1H3,(H3,24,25,26,27,28,29). The molecule has 3 heterocycles. The summed E-state index contributed by atoms with van der Waals surface area (Å²) in [7, 11) is 1.66. The van der Waals surface area contributed by atoms with Gasteiger partial charge in [-0.1, -0.05) is 19.3 Å². The zero-order valence-electron chi connectivity index (χ0n) is 18.5. The number of rotatable bonds is 7. The first kappa shape index (κ1) is 20.8. The molecule has 5 rings (SSSR count). The van der Waals surface area contributed by atoms with Crippen molar-refractivity contribution in [1.82, 2.24) is 19.9 Å². The summed E-state index contributed by atoms with van der Waals surface area (Å²) in [6.07, 6.45) is 9.84. The number of methoxy groups -OCH3 is 1. The van der Waals surface area contributed by atoms with E-state index in [-0.39, 0.29) is 12.6 Å². The Hall–Kier alpha value is -3.07. The summed E-state index contributed by atoms with van der Waals surface area (Å²) in [4.78, 5) is 19.1. The summed E-state index contributed by atoms with van der Waals surface area (Å²) < 4.78 is 5.67. The number of aromatic nitrogens is 4. The number of ether oxygens (including phenoxy) is 1. The lowest BCUT2D eigenvalue weighted by Gasteiger charge is -2.26. The molecule has 170 valence electrons. The van der Waals surface area contributed by atoms with Crippen molar-refractivity contribution in [3.63, 3.8) is 0 Å². The van der Waals surface area contributed by atoms with Gasteiger partial charge in [0.15, 0.2) is 11.5 Å². The topological polar surface area (TPSA) is 111 Å². The van der Waals surface area contributed by atoms with Crippen LogP contribution < -0.4 is 20.3 Å².